The van der Waals surface area contributed by atoms with Crippen molar-refractivity contribution in [2.75, 3.05) is 0 Å². The second-order valence-electron chi connectivity index (χ2n) is 18.4. The van der Waals surface area contributed by atoms with E-state index in [1.54, 1.807) is 0 Å². The van der Waals surface area contributed by atoms with Gasteiger partial charge in [0.25, 0.3) is 0 Å². The molecule has 5 heterocycles. The third-order valence-corrected chi connectivity index (χ3v) is 11.8. The van der Waals surface area contributed by atoms with Crippen LogP contribution in [-0.2, 0) is 45.0 Å². The molecule has 6 aliphatic rings. The first-order chi connectivity index (χ1) is 31.0. The first-order valence-corrected chi connectivity index (χ1v) is 22.2. The van der Waals surface area contributed by atoms with Gasteiger partial charge in [0.2, 0.25) is 0 Å². The van der Waals surface area contributed by atoms with E-state index in [0.29, 0.717) is 0 Å². The molecule has 4 fully saturated rings. The number of benzene rings is 2. The summed E-state index contributed by atoms with van der Waals surface area (Å²) in [7, 11) is 0. The van der Waals surface area contributed by atoms with Gasteiger partial charge in [0.05, 0.1) is 22.8 Å². The third kappa shape index (κ3) is 11.3. The van der Waals surface area contributed by atoms with E-state index < -0.39 is 0 Å². The molecule has 0 saturated heterocycles. The Morgan fingerprint density at radius 3 is 0.970 bits per heavy atom. The molecule has 8 bridgehead atoms. The molecule has 2 aromatic carbocycles. The molecular formula is C60H54Fe2N4+4. The molecule has 5 aromatic rings. The Kier molecular flexibility index (Phi) is 16.7. The summed E-state index contributed by atoms with van der Waals surface area (Å²) in [6, 6.07) is 26.8. The summed E-state index contributed by atoms with van der Waals surface area (Å²) < 4.78 is 0. The zero-order valence-corrected chi connectivity index (χ0v) is 40.4. The molecule has 0 spiro atoms. The molecule has 0 atom stereocenters. The van der Waals surface area contributed by atoms with Crippen molar-refractivity contribution >= 4 is 46.4 Å². The normalized spacial score (nSPS) is 17.2. The molecule has 0 amide bonds. The van der Waals surface area contributed by atoms with Crippen LogP contribution >= 0.6 is 0 Å². The molecule has 2 aliphatic heterocycles. The van der Waals surface area contributed by atoms with Crippen LogP contribution in [0.2, 0.25) is 0 Å². The standard InChI is InChI=1S/C50H44N4.2C5H5.2Fe/c1-49(2,3)35-19-15-33(16-20-35)47-41-27-25-39(52-41)45(31-11-7-8-12-31)37-23-24-38(51-37)46(32-13-9-10-14-32)40-26-28-42(53-40)48(44-30-29-43(47)54-44)34-17-21-36(22-18-34)50(4,5)6;2*1-2-4-5-3-1;;/h7-30,52,54H,1-6H3;2*1-5H;;/q;;;2*+2. The zero-order chi connectivity index (χ0) is 44.3. The second kappa shape index (κ2) is 22.0. The smallest absolute Gasteiger partial charge is 0.355 e. The molecule has 11 rings (SSSR count). The Labute approximate surface area is 417 Å². The van der Waals surface area contributed by atoms with Crippen molar-refractivity contribution in [1.29, 1.82) is 0 Å². The Balaban J connectivity index is 0.000000480. The average Bonchev–Trinajstić information content (AvgIpc) is 4.13. The minimum atomic E-state index is 0. The Hall–Kier alpha value is -3.92. The molecule has 326 valence electrons. The summed E-state index contributed by atoms with van der Waals surface area (Å²) in [5, 5.41) is 0. The molecule has 4 aliphatic carbocycles. The van der Waals surface area contributed by atoms with Gasteiger partial charge in [-0.25, -0.2) is 9.97 Å². The molecule has 3 aromatic heterocycles. The summed E-state index contributed by atoms with van der Waals surface area (Å²) in [6.07, 6.45) is 45.5. The Morgan fingerprint density at radius 2 is 0.606 bits per heavy atom. The van der Waals surface area contributed by atoms with Gasteiger partial charge in [-0.1, -0.05) is 90.1 Å². The molecule has 6 heteroatoms. The molecule has 4 nitrogen and oxygen atoms in total. The zero-order valence-electron chi connectivity index (χ0n) is 38.2. The number of nitrogens with zero attached hydrogens (tertiary/aromatic N) is 2. The van der Waals surface area contributed by atoms with E-state index in [1.165, 1.54) is 11.1 Å². The van der Waals surface area contributed by atoms with Crippen molar-refractivity contribution in [3.05, 3.63) is 245 Å². The van der Waals surface area contributed by atoms with Gasteiger partial charge in [0.15, 0.2) is 0 Å². The van der Waals surface area contributed by atoms with E-state index in [0.717, 1.165) is 90.1 Å². The van der Waals surface area contributed by atoms with Crippen molar-refractivity contribution in [3.8, 4) is 22.3 Å². The van der Waals surface area contributed by atoms with E-state index in [9.17, 15) is 0 Å². The number of hydrogen-bond donors (Lipinski definition) is 2. The first-order valence-electron chi connectivity index (χ1n) is 22.2. The van der Waals surface area contributed by atoms with Gasteiger partial charge in [0, 0.05) is 56.2 Å². The number of rotatable bonds is 4. The average molecular weight is 943 g/mol. The fourth-order valence-corrected chi connectivity index (χ4v) is 8.42. The molecule has 4 saturated carbocycles. The van der Waals surface area contributed by atoms with Crippen molar-refractivity contribution in [1.82, 2.24) is 19.9 Å². The van der Waals surface area contributed by atoms with Gasteiger partial charge in [-0.3, -0.25) is 0 Å². The molecule has 20 radical (unpaired) electrons. The number of hydrogen-bond acceptors (Lipinski definition) is 2. The fourth-order valence-electron chi connectivity index (χ4n) is 8.42. The molecular weight excluding hydrogens is 888 g/mol. The Bertz CT molecular complexity index is 2600. The van der Waals surface area contributed by atoms with Gasteiger partial charge in [0.1, 0.15) is 0 Å². The number of fused-ring (bicyclic) bond motifs is 8. The number of H-pyrrole nitrogens is 2. The summed E-state index contributed by atoms with van der Waals surface area (Å²) in [6.45, 7) is 13.5. The Morgan fingerprint density at radius 1 is 0.318 bits per heavy atom. The van der Waals surface area contributed by atoms with Crippen LogP contribution in [0.4, 0.5) is 0 Å². The van der Waals surface area contributed by atoms with Gasteiger partial charge >= 0.3 is 34.1 Å². The molecule has 2 N–H and O–H groups in total. The van der Waals surface area contributed by atoms with Gasteiger partial charge < -0.3 is 9.97 Å². The van der Waals surface area contributed by atoms with E-state index >= 15 is 0 Å². The fraction of sp³-hybridized carbons (Fsp3) is 0.133. The number of aromatic nitrogens is 4. The van der Waals surface area contributed by atoms with Crippen LogP contribution in [0.5, 0.6) is 0 Å². The maximum atomic E-state index is 5.41. The van der Waals surface area contributed by atoms with Crippen LogP contribution in [0.15, 0.2) is 72.8 Å². The van der Waals surface area contributed by atoms with Crippen LogP contribution in [0.25, 0.3) is 68.6 Å². The summed E-state index contributed by atoms with van der Waals surface area (Å²) >= 11 is 0. The number of nitrogens with one attached hydrogen (secondary N) is 2. The predicted molar refractivity (Wildman–Crippen MR) is 269 cm³/mol. The minimum Gasteiger partial charge on any atom is -0.355 e. The topological polar surface area (TPSA) is 57.4 Å². The van der Waals surface area contributed by atoms with Crippen LogP contribution in [0.1, 0.15) is 86.6 Å². The van der Waals surface area contributed by atoms with Crippen molar-refractivity contribution < 1.29 is 34.1 Å². The predicted octanol–water partition coefficient (Wildman–Crippen LogP) is 14.1. The maximum Gasteiger partial charge on any atom is 2.00 e. The van der Waals surface area contributed by atoms with Crippen LogP contribution < -0.4 is 0 Å². The SMILES string of the molecule is CC(C)(C)c1ccc(-c2c3nc(c([C]4[CH][CH][CH][CH]4)c4nc(c([C]5[CH][CH][CH][CH]5)c5ccc([nH]5)c(-c5ccc(C(C)(C)C)cc5)c5ccc2[nH]5)C=C4)C=C3)cc1.[CH]1[CH][CH][CH][CH]1.[CH]1[CH][CH][CH][CH]1.[Fe+2].[Fe+2]. The van der Waals surface area contributed by atoms with E-state index in [4.69, 9.17) is 9.97 Å². The van der Waals surface area contributed by atoms with Gasteiger partial charge in [-0.15, -0.1) is 0 Å². The van der Waals surface area contributed by atoms with Crippen LogP contribution in [0.3, 0.4) is 0 Å². The summed E-state index contributed by atoms with van der Waals surface area (Å²) in [4.78, 5) is 18.5. The molecule has 66 heavy (non-hydrogen) atoms. The summed E-state index contributed by atoms with van der Waals surface area (Å²) in [5.41, 5.74) is 16.9. The molecule has 0 unspecified atom stereocenters. The van der Waals surface area contributed by atoms with E-state index in [2.05, 4.69) is 200 Å². The van der Waals surface area contributed by atoms with Crippen molar-refractivity contribution in [3.63, 3.8) is 0 Å². The van der Waals surface area contributed by atoms with Gasteiger partial charge in [-0.05, 0) is 197 Å². The quantitative estimate of drug-likeness (QED) is 0.173. The summed E-state index contributed by atoms with van der Waals surface area (Å²) in [5.74, 6) is 2.21. The van der Waals surface area contributed by atoms with E-state index in [-0.39, 0.29) is 45.0 Å². The van der Waals surface area contributed by atoms with Gasteiger partial charge in [-0.2, -0.15) is 0 Å². The van der Waals surface area contributed by atoms with Crippen LogP contribution in [0, 0.1) is 127 Å². The van der Waals surface area contributed by atoms with Crippen molar-refractivity contribution in [2.24, 2.45) is 0 Å². The van der Waals surface area contributed by atoms with Crippen molar-refractivity contribution in [2.45, 2.75) is 52.4 Å². The first kappa shape index (κ1) is 50.0. The minimum absolute atomic E-state index is 0. The second-order valence-corrected chi connectivity index (χ2v) is 18.4. The maximum absolute atomic E-state index is 5.41. The third-order valence-electron chi connectivity index (χ3n) is 11.8. The largest absolute Gasteiger partial charge is 2.00 e. The van der Waals surface area contributed by atoms with E-state index in [1.807, 2.05) is 64.2 Å². The number of aromatic amines is 2. The van der Waals surface area contributed by atoms with Crippen LogP contribution in [-0.4, -0.2) is 19.9 Å². The monoisotopic (exact) mass is 942 g/mol.